The van der Waals surface area contributed by atoms with Gasteiger partial charge >= 0.3 is 6.03 Å². The van der Waals surface area contributed by atoms with Crippen LogP contribution >= 0.6 is 0 Å². The molecule has 0 radical (unpaired) electrons. The maximum Gasteiger partial charge on any atom is 0.319 e. The van der Waals surface area contributed by atoms with Gasteiger partial charge in [0.05, 0.1) is 19.3 Å². The van der Waals surface area contributed by atoms with Crippen LogP contribution in [0.1, 0.15) is 29.6 Å². The lowest BCUT2D eigenvalue weighted by molar-refractivity contribution is -0.128. The van der Waals surface area contributed by atoms with Crippen LogP contribution in [0.5, 0.6) is 5.75 Å². The molecular weight excluding hydrogens is 398 g/mol. The zero-order valence-corrected chi connectivity index (χ0v) is 17.1. The minimum absolute atomic E-state index is 0.0644. The van der Waals surface area contributed by atoms with Crippen LogP contribution in [0.15, 0.2) is 59.1 Å². The predicted octanol–water partition coefficient (Wildman–Crippen LogP) is 2.92. The standard InChI is InChI=1S/C22H23N5O4/c1-30-18-10-6-5-9-17(18)24-22(29)23-12-19-25-21(26-31-19)16-11-20(28)27(14-16)13-15-7-3-2-4-8-15/h2-10,16H,11-14H2,1H3,(H2,23,24,29). The van der Waals surface area contributed by atoms with Crippen LogP contribution in [-0.2, 0) is 17.9 Å². The van der Waals surface area contributed by atoms with Crippen LogP contribution in [0, 0.1) is 0 Å². The number of anilines is 1. The first kappa shape index (κ1) is 20.4. The maximum atomic E-state index is 12.4. The first-order chi connectivity index (χ1) is 15.1. The highest BCUT2D eigenvalue weighted by atomic mass is 16.5. The second kappa shape index (κ2) is 9.29. The van der Waals surface area contributed by atoms with Crippen molar-refractivity contribution in [1.29, 1.82) is 0 Å². The van der Waals surface area contributed by atoms with E-state index in [4.69, 9.17) is 9.26 Å². The Bertz CT molecular complexity index is 1050. The molecule has 9 heteroatoms. The van der Waals surface area contributed by atoms with Gasteiger partial charge in [-0.15, -0.1) is 0 Å². The van der Waals surface area contributed by atoms with Crippen molar-refractivity contribution in [3.05, 3.63) is 71.9 Å². The fourth-order valence-electron chi connectivity index (χ4n) is 3.48. The number of hydrogen-bond acceptors (Lipinski definition) is 6. The molecule has 160 valence electrons. The molecule has 0 bridgehead atoms. The molecule has 1 atom stereocenters. The van der Waals surface area contributed by atoms with Gasteiger partial charge in [0.2, 0.25) is 11.8 Å². The van der Waals surface area contributed by atoms with Crippen LogP contribution in [0.2, 0.25) is 0 Å². The molecule has 1 aliphatic rings. The molecule has 9 nitrogen and oxygen atoms in total. The lowest BCUT2D eigenvalue weighted by Gasteiger charge is -2.15. The van der Waals surface area contributed by atoms with E-state index in [1.165, 1.54) is 7.11 Å². The van der Waals surface area contributed by atoms with E-state index in [2.05, 4.69) is 20.8 Å². The number of ether oxygens (including phenoxy) is 1. The summed E-state index contributed by atoms with van der Waals surface area (Å²) in [5.74, 6) is 1.25. The molecule has 1 aliphatic heterocycles. The number of methoxy groups -OCH3 is 1. The molecule has 1 aromatic heterocycles. The van der Waals surface area contributed by atoms with Crippen molar-refractivity contribution < 1.29 is 18.8 Å². The Morgan fingerprint density at radius 1 is 1.19 bits per heavy atom. The van der Waals surface area contributed by atoms with Crippen molar-refractivity contribution in [2.24, 2.45) is 0 Å². The minimum Gasteiger partial charge on any atom is -0.495 e. The predicted molar refractivity (Wildman–Crippen MR) is 112 cm³/mol. The summed E-state index contributed by atoms with van der Waals surface area (Å²) in [4.78, 5) is 30.7. The van der Waals surface area contributed by atoms with E-state index in [9.17, 15) is 9.59 Å². The van der Waals surface area contributed by atoms with E-state index < -0.39 is 6.03 Å². The number of nitrogens with zero attached hydrogens (tertiary/aromatic N) is 3. The van der Waals surface area contributed by atoms with Gasteiger partial charge in [0.1, 0.15) is 5.75 Å². The zero-order valence-electron chi connectivity index (χ0n) is 17.1. The van der Waals surface area contributed by atoms with Crippen molar-refractivity contribution in [3.63, 3.8) is 0 Å². The summed E-state index contributed by atoms with van der Waals surface area (Å²) in [7, 11) is 1.53. The average molecular weight is 421 g/mol. The summed E-state index contributed by atoms with van der Waals surface area (Å²) in [5, 5.41) is 9.39. The molecular formula is C22H23N5O4. The van der Waals surface area contributed by atoms with Crippen LogP contribution in [0.4, 0.5) is 10.5 Å². The van der Waals surface area contributed by atoms with E-state index in [0.717, 1.165) is 5.56 Å². The Morgan fingerprint density at radius 2 is 1.97 bits per heavy atom. The fourth-order valence-corrected chi connectivity index (χ4v) is 3.48. The third kappa shape index (κ3) is 5.00. The quantitative estimate of drug-likeness (QED) is 0.607. The SMILES string of the molecule is COc1ccccc1NC(=O)NCc1nc(C2CC(=O)N(Cc3ccccc3)C2)no1. The molecule has 0 saturated carbocycles. The Kier molecular flexibility index (Phi) is 6.11. The Labute approximate surface area is 179 Å². The van der Waals surface area contributed by atoms with Gasteiger partial charge in [-0.3, -0.25) is 4.79 Å². The number of urea groups is 1. The summed E-state index contributed by atoms with van der Waals surface area (Å²) in [6, 6.07) is 16.5. The van der Waals surface area contributed by atoms with Crippen molar-refractivity contribution in [2.45, 2.75) is 25.4 Å². The number of nitrogens with one attached hydrogen (secondary N) is 2. The molecule has 2 aromatic carbocycles. The normalized spacial score (nSPS) is 15.7. The van der Waals surface area contributed by atoms with Crippen LogP contribution in [0.25, 0.3) is 0 Å². The zero-order chi connectivity index (χ0) is 21.6. The van der Waals surface area contributed by atoms with E-state index >= 15 is 0 Å². The second-order valence-corrected chi connectivity index (χ2v) is 7.22. The van der Waals surface area contributed by atoms with Gasteiger partial charge in [0.15, 0.2) is 5.82 Å². The van der Waals surface area contributed by atoms with Gasteiger partial charge in [0.25, 0.3) is 0 Å². The molecule has 3 amide bonds. The van der Waals surface area contributed by atoms with E-state index in [-0.39, 0.29) is 24.3 Å². The molecule has 31 heavy (non-hydrogen) atoms. The number of carbonyl (C=O) groups is 2. The van der Waals surface area contributed by atoms with Crippen molar-refractivity contribution in [1.82, 2.24) is 20.4 Å². The monoisotopic (exact) mass is 421 g/mol. The summed E-state index contributed by atoms with van der Waals surface area (Å²) >= 11 is 0. The Balaban J connectivity index is 1.30. The number of rotatable bonds is 7. The van der Waals surface area contributed by atoms with Gasteiger partial charge in [-0.25, -0.2) is 4.79 Å². The molecule has 2 N–H and O–H groups in total. The number of para-hydroxylation sites is 2. The number of aromatic nitrogens is 2. The van der Waals surface area contributed by atoms with Gasteiger partial charge in [-0.05, 0) is 17.7 Å². The Morgan fingerprint density at radius 3 is 2.77 bits per heavy atom. The fraction of sp³-hybridized carbons (Fsp3) is 0.273. The third-order valence-corrected chi connectivity index (χ3v) is 5.04. The second-order valence-electron chi connectivity index (χ2n) is 7.22. The summed E-state index contributed by atoms with van der Waals surface area (Å²) < 4.78 is 10.5. The highest BCUT2D eigenvalue weighted by Crippen LogP contribution is 2.27. The highest BCUT2D eigenvalue weighted by Gasteiger charge is 2.33. The number of benzene rings is 2. The van der Waals surface area contributed by atoms with Crippen molar-refractivity contribution in [2.75, 3.05) is 19.0 Å². The molecule has 0 spiro atoms. The van der Waals surface area contributed by atoms with Gasteiger partial charge in [0, 0.05) is 25.4 Å². The molecule has 0 aliphatic carbocycles. The number of likely N-dealkylation sites (tertiary alicyclic amines) is 1. The van der Waals surface area contributed by atoms with E-state index in [0.29, 0.717) is 36.8 Å². The lowest BCUT2D eigenvalue weighted by atomic mass is 10.1. The van der Waals surface area contributed by atoms with E-state index in [1.807, 2.05) is 36.4 Å². The van der Waals surface area contributed by atoms with Crippen LogP contribution in [-0.4, -0.2) is 40.6 Å². The largest absolute Gasteiger partial charge is 0.495 e. The van der Waals surface area contributed by atoms with Crippen LogP contribution < -0.4 is 15.4 Å². The van der Waals surface area contributed by atoms with Crippen LogP contribution in [0.3, 0.4) is 0 Å². The van der Waals surface area contributed by atoms with Crippen molar-refractivity contribution >= 4 is 17.6 Å². The highest BCUT2D eigenvalue weighted by molar-refractivity contribution is 5.90. The molecule has 1 unspecified atom stereocenters. The molecule has 3 aromatic rings. The molecule has 1 saturated heterocycles. The first-order valence-electron chi connectivity index (χ1n) is 9.94. The Hall–Kier alpha value is -3.88. The maximum absolute atomic E-state index is 12.4. The number of amides is 3. The topological polar surface area (TPSA) is 110 Å². The minimum atomic E-state index is -0.422. The summed E-state index contributed by atoms with van der Waals surface area (Å²) in [5.41, 5.74) is 1.63. The lowest BCUT2D eigenvalue weighted by Crippen LogP contribution is -2.28. The molecule has 2 heterocycles. The average Bonchev–Trinajstić information content (AvgIpc) is 3.40. The smallest absolute Gasteiger partial charge is 0.319 e. The third-order valence-electron chi connectivity index (χ3n) is 5.04. The number of hydrogen-bond donors (Lipinski definition) is 2. The van der Waals surface area contributed by atoms with Crippen molar-refractivity contribution in [3.8, 4) is 5.75 Å². The van der Waals surface area contributed by atoms with Gasteiger partial charge in [-0.2, -0.15) is 4.98 Å². The summed E-state index contributed by atoms with van der Waals surface area (Å²) in [6.07, 6.45) is 0.341. The number of carbonyl (C=O) groups excluding carboxylic acids is 2. The van der Waals surface area contributed by atoms with E-state index in [1.54, 1.807) is 23.1 Å². The molecule has 4 rings (SSSR count). The molecule has 1 fully saturated rings. The van der Waals surface area contributed by atoms with Gasteiger partial charge < -0.3 is 24.8 Å². The van der Waals surface area contributed by atoms with Gasteiger partial charge in [-0.1, -0.05) is 47.6 Å². The first-order valence-corrected chi connectivity index (χ1v) is 9.94. The summed E-state index contributed by atoms with van der Waals surface area (Å²) in [6.45, 7) is 1.17.